The maximum atomic E-state index is 12.3. The molecule has 2 heteroatoms. The van der Waals surface area contributed by atoms with E-state index >= 15 is 0 Å². The van der Waals surface area contributed by atoms with Crippen molar-refractivity contribution in [1.29, 1.82) is 0 Å². The van der Waals surface area contributed by atoms with Crippen LogP contribution in [0.15, 0.2) is 11.6 Å². The van der Waals surface area contributed by atoms with Crippen LogP contribution >= 0.6 is 0 Å². The summed E-state index contributed by atoms with van der Waals surface area (Å²) in [6.45, 7) is 6.88. The zero-order valence-corrected chi connectivity index (χ0v) is 11.2. The van der Waals surface area contributed by atoms with Gasteiger partial charge in [0.05, 0.1) is 6.61 Å². The van der Waals surface area contributed by atoms with Gasteiger partial charge in [-0.05, 0) is 54.6 Å². The van der Waals surface area contributed by atoms with Crippen LogP contribution in [0.5, 0.6) is 0 Å². The summed E-state index contributed by atoms with van der Waals surface area (Å²) in [6, 6.07) is 0. The second kappa shape index (κ2) is 4.56. The van der Waals surface area contributed by atoms with E-state index in [0.29, 0.717) is 11.8 Å². The van der Waals surface area contributed by atoms with Crippen molar-refractivity contribution in [3.63, 3.8) is 0 Å². The predicted molar refractivity (Wildman–Crippen MR) is 68.6 cm³/mol. The molecule has 0 saturated heterocycles. The van der Waals surface area contributed by atoms with Gasteiger partial charge < -0.3 is 5.11 Å². The van der Waals surface area contributed by atoms with Crippen molar-refractivity contribution in [2.45, 2.75) is 46.5 Å². The van der Waals surface area contributed by atoms with E-state index in [-0.39, 0.29) is 23.7 Å². The average molecular weight is 236 g/mol. The quantitative estimate of drug-likeness (QED) is 0.800. The molecule has 2 aliphatic rings. The Bertz CT molecular complexity index is 343. The Morgan fingerprint density at radius 3 is 2.76 bits per heavy atom. The minimum absolute atomic E-state index is 0.0425. The van der Waals surface area contributed by atoms with E-state index in [4.69, 9.17) is 0 Å². The molecular weight excluding hydrogens is 212 g/mol. The maximum Gasteiger partial charge on any atom is 0.159 e. The van der Waals surface area contributed by atoms with Gasteiger partial charge >= 0.3 is 0 Å². The number of carbonyl (C=O) groups is 1. The van der Waals surface area contributed by atoms with Crippen molar-refractivity contribution in [1.82, 2.24) is 0 Å². The molecule has 2 nitrogen and oxygen atoms in total. The van der Waals surface area contributed by atoms with Crippen molar-refractivity contribution in [3.05, 3.63) is 11.6 Å². The van der Waals surface area contributed by atoms with Gasteiger partial charge in [-0.1, -0.05) is 20.8 Å². The largest absolute Gasteiger partial charge is 0.392 e. The standard InChI is InChI=1S/C15H24O2/c1-10(2)12-4-5-13-14(17)8-11(9-16)6-7-15(12,13)3/h8,10,12-13,16H,4-7,9H2,1-3H3/t12-,13-,15-/m0/s1. The minimum Gasteiger partial charge on any atom is -0.392 e. The van der Waals surface area contributed by atoms with Crippen molar-refractivity contribution >= 4 is 5.78 Å². The average Bonchev–Trinajstić information content (AvgIpc) is 2.56. The van der Waals surface area contributed by atoms with Gasteiger partial charge in [-0.25, -0.2) is 0 Å². The van der Waals surface area contributed by atoms with Gasteiger partial charge in [0.1, 0.15) is 0 Å². The number of carbonyl (C=O) groups excluding carboxylic acids is 1. The van der Waals surface area contributed by atoms with Crippen LogP contribution in [0.4, 0.5) is 0 Å². The SMILES string of the molecule is CC(C)[C@@H]1CC[C@H]2C(=O)C=C(CO)CC[C@]21C. The molecule has 0 aromatic carbocycles. The number of aliphatic hydroxyl groups is 1. The Hall–Kier alpha value is -0.630. The number of allylic oxidation sites excluding steroid dienone is 1. The van der Waals surface area contributed by atoms with Crippen LogP contribution in [-0.4, -0.2) is 17.5 Å². The molecule has 1 N–H and O–H groups in total. The second-order valence-corrected chi connectivity index (χ2v) is 6.35. The van der Waals surface area contributed by atoms with Crippen LogP contribution in [0, 0.1) is 23.2 Å². The first kappa shape index (κ1) is 12.8. The first-order valence-electron chi connectivity index (χ1n) is 6.83. The van der Waals surface area contributed by atoms with Crippen molar-refractivity contribution in [3.8, 4) is 0 Å². The molecule has 1 saturated carbocycles. The van der Waals surface area contributed by atoms with E-state index in [1.807, 2.05) is 0 Å². The molecule has 96 valence electrons. The fourth-order valence-corrected chi connectivity index (χ4v) is 4.11. The predicted octanol–water partition coefficient (Wildman–Crippen LogP) is 2.96. The lowest BCUT2D eigenvalue weighted by atomic mass is 9.66. The van der Waals surface area contributed by atoms with Gasteiger partial charge in [0.25, 0.3) is 0 Å². The smallest absolute Gasteiger partial charge is 0.159 e. The van der Waals surface area contributed by atoms with Crippen LogP contribution in [0.25, 0.3) is 0 Å². The molecule has 2 rings (SSSR count). The van der Waals surface area contributed by atoms with Gasteiger partial charge in [-0.15, -0.1) is 0 Å². The van der Waals surface area contributed by atoms with E-state index in [2.05, 4.69) is 20.8 Å². The second-order valence-electron chi connectivity index (χ2n) is 6.35. The summed E-state index contributed by atoms with van der Waals surface area (Å²) in [5, 5.41) is 9.24. The number of ketones is 1. The Kier molecular flexibility index (Phi) is 3.44. The third kappa shape index (κ3) is 2.08. The highest BCUT2D eigenvalue weighted by Crippen LogP contribution is 2.55. The molecule has 0 aliphatic heterocycles. The molecule has 17 heavy (non-hydrogen) atoms. The molecule has 0 aromatic rings. The number of rotatable bonds is 2. The molecule has 0 unspecified atom stereocenters. The van der Waals surface area contributed by atoms with Crippen molar-refractivity contribution < 1.29 is 9.90 Å². The van der Waals surface area contributed by atoms with Gasteiger partial charge in [0, 0.05) is 5.92 Å². The monoisotopic (exact) mass is 236 g/mol. The molecular formula is C15H24O2. The van der Waals surface area contributed by atoms with Crippen LogP contribution in [0.2, 0.25) is 0 Å². The van der Waals surface area contributed by atoms with Gasteiger partial charge in [-0.3, -0.25) is 4.79 Å². The minimum atomic E-state index is 0.0425. The molecule has 0 heterocycles. The number of aliphatic hydroxyl groups excluding tert-OH is 1. The lowest BCUT2D eigenvalue weighted by Gasteiger charge is -2.37. The Labute approximate surface area is 104 Å². The van der Waals surface area contributed by atoms with Gasteiger partial charge in [0.2, 0.25) is 0 Å². The Morgan fingerprint density at radius 2 is 2.18 bits per heavy atom. The molecule has 0 radical (unpaired) electrons. The summed E-state index contributed by atoms with van der Waals surface area (Å²) in [7, 11) is 0. The summed E-state index contributed by atoms with van der Waals surface area (Å²) < 4.78 is 0. The molecule has 0 spiro atoms. The summed E-state index contributed by atoms with van der Waals surface area (Å²) in [5.74, 6) is 1.76. The Balaban J connectivity index is 2.29. The summed E-state index contributed by atoms with van der Waals surface area (Å²) in [6.07, 6.45) is 5.88. The fourth-order valence-electron chi connectivity index (χ4n) is 4.11. The van der Waals surface area contributed by atoms with Crippen molar-refractivity contribution in [2.24, 2.45) is 23.2 Å². The third-order valence-corrected chi connectivity index (χ3v) is 5.09. The molecule has 0 amide bonds. The lowest BCUT2D eigenvalue weighted by molar-refractivity contribution is -0.121. The highest BCUT2D eigenvalue weighted by atomic mass is 16.3. The first-order chi connectivity index (χ1) is 7.99. The van der Waals surface area contributed by atoms with E-state index in [0.717, 1.165) is 24.8 Å². The van der Waals surface area contributed by atoms with Crippen LogP contribution in [0.3, 0.4) is 0 Å². The van der Waals surface area contributed by atoms with E-state index in [9.17, 15) is 9.90 Å². The topological polar surface area (TPSA) is 37.3 Å². The van der Waals surface area contributed by atoms with Crippen LogP contribution < -0.4 is 0 Å². The van der Waals surface area contributed by atoms with Gasteiger partial charge in [-0.2, -0.15) is 0 Å². The normalized spacial score (nSPS) is 37.9. The molecule has 3 atom stereocenters. The number of hydrogen-bond donors (Lipinski definition) is 1. The zero-order valence-electron chi connectivity index (χ0n) is 11.2. The third-order valence-electron chi connectivity index (χ3n) is 5.09. The summed E-state index contributed by atoms with van der Waals surface area (Å²) in [5.41, 5.74) is 1.08. The summed E-state index contributed by atoms with van der Waals surface area (Å²) >= 11 is 0. The van der Waals surface area contributed by atoms with E-state index in [1.54, 1.807) is 6.08 Å². The number of hydrogen-bond acceptors (Lipinski definition) is 2. The molecule has 1 fully saturated rings. The zero-order chi connectivity index (χ0) is 12.6. The Morgan fingerprint density at radius 1 is 1.47 bits per heavy atom. The highest BCUT2D eigenvalue weighted by molar-refractivity contribution is 5.93. The van der Waals surface area contributed by atoms with Crippen molar-refractivity contribution in [2.75, 3.05) is 6.61 Å². The first-order valence-corrected chi connectivity index (χ1v) is 6.83. The molecule has 2 aliphatic carbocycles. The maximum absolute atomic E-state index is 12.3. The van der Waals surface area contributed by atoms with Crippen LogP contribution in [-0.2, 0) is 4.79 Å². The van der Waals surface area contributed by atoms with E-state index in [1.165, 1.54) is 6.42 Å². The summed E-state index contributed by atoms with van der Waals surface area (Å²) in [4.78, 5) is 12.3. The number of fused-ring (bicyclic) bond motifs is 1. The molecule has 0 bridgehead atoms. The van der Waals surface area contributed by atoms with Crippen LogP contribution in [0.1, 0.15) is 46.5 Å². The lowest BCUT2D eigenvalue weighted by Crippen LogP contribution is -2.34. The molecule has 0 aromatic heterocycles. The fraction of sp³-hybridized carbons (Fsp3) is 0.800. The van der Waals surface area contributed by atoms with Gasteiger partial charge in [0.15, 0.2) is 5.78 Å². The van der Waals surface area contributed by atoms with E-state index < -0.39 is 0 Å². The highest BCUT2D eigenvalue weighted by Gasteiger charge is 2.50.